The third kappa shape index (κ3) is 4.71. The molecular formula is C14H23N3O3. The first-order chi connectivity index (χ1) is 9.62. The largest absolute Gasteiger partial charge is 0.496 e. The standard InChI is InChI=1S/C14H23N3O3/c1-4-20-8-7-17(2)10-11-5-6-13(19-3)12(9-11)14(15)16-18/h5-6,9,18H,4,7-8,10H2,1-3H3,(H2,15,16). The van der Waals surface area contributed by atoms with Gasteiger partial charge in [0.1, 0.15) is 5.75 Å². The van der Waals surface area contributed by atoms with E-state index in [-0.39, 0.29) is 5.84 Å². The minimum atomic E-state index is 0.0423. The van der Waals surface area contributed by atoms with E-state index < -0.39 is 0 Å². The highest BCUT2D eigenvalue weighted by Crippen LogP contribution is 2.20. The van der Waals surface area contributed by atoms with Crippen molar-refractivity contribution < 1.29 is 14.7 Å². The van der Waals surface area contributed by atoms with Crippen LogP contribution in [0.5, 0.6) is 5.75 Å². The van der Waals surface area contributed by atoms with Gasteiger partial charge in [-0.05, 0) is 31.7 Å². The first-order valence-corrected chi connectivity index (χ1v) is 6.53. The Hall–Kier alpha value is -1.79. The van der Waals surface area contributed by atoms with Crippen LogP contribution in [0, 0.1) is 0 Å². The summed E-state index contributed by atoms with van der Waals surface area (Å²) in [5, 5.41) is 11.8. The number of oxime groups is 1. The minimum Gasteiger partial charge on any atom is -0.496 e. The van der Waals surface area contributed by atoms with Crippen molar-refractivity contribution in [3.8, 4) is 5.75 Å². The van der Waals surface area contributed by atoms with E-state index in [1.165, 1.54) is 0 Å². The maximum absolute atomic E-state index is 8.80. The Morgan fingerprint density at radius 1 is 1.45 bits per heavy atom. The Bertz CT molecular complexity index is 449. The van der Waals surface area contributed by atoms with Gasteiger partial charge in [-0.3, -0.25) is 4.90 Å². The molecule has 0 amide bonds. The van der Waals surface area contributed by atoms with Gasteiger partial charge >= 0.3 is 0 Å². The second kappa shape index (κ2) is 8.39. The SMILES string of the molecule is CCOCCN(C)Cc1ccc(OC)c(/C(N)=N/O)c1. The van der Waals surface area contributed by atoms with Crippen LogP contribution >= 0.6 is 0 Å². The summed E-state index contributed by atoms with van der Waals surface area (Å²) < 4.78 is 10.5. The lowest BCUT2D eigenvalue weighted by Crippen LogP contribution is -2.23. The lowest BCUT2D eigenvalue weighted by molar-refractivity contribution is 0.120. The van der Waals surface area contributed by atoms with Crippen molar-refractivity contribution in [1.29, 1.82) is 0 Å². The van der Waals surface area contributed by atoms with Gasteiger partial charge in [-0.2, -0.15) is 0 Å². The monoisotopic (exact) mass is 281 g/mol. The van der Waals surface area contributed by atoms with E-state index in [9.17, 15) is 0 Å². The molecule has 6 nitrogen and oxygen atoms in total. The smallest absolute Gasteiger partial charge is 0.173 e. The van der Waals surface area contributed by atoms with Crippen LogP contribution in [0.3, 0.4) is 0 Å². The average molecular weight is 281 g/mol. The van der Waals surface area contributed by atoms with Crippen molar-refractivity contribution in [2.45, 2.75) is 13.5 Å². The van der Waals surface area contributed by atoms with Crippen LogP contribution in [0.2, 0.25) is 0 Å². The van der Waals surface area contributed by atoms with Gasteiger partial charge in [0.05, 0.1) is 19.3 Å². The zero-order valence-corrected chi connectivity index (χ0v) is 12.3. The summed E-state index contributed by atoms with van der Waals surface area (Å²) in [5.74, 6) is 0.627. The highest BCUT2D eigenvalue weighted by Gasteiger charge is 2.10. The zero-order valence-electron chi connectivity index (χ0n) is 12.3. The van der Waals surface area contributed by atoms with E-state index in [0.717, 1.165) is 25.3 Å². The lowest BCUT2D eigenvalue weighted by Gasteiger charge is -2.17. The molecule has 0 heterocycles. The van der Waals surface area contributed by atoms with Gasteiger partial charge in [-0.25, -0.2) is 0 Å². The summed E-state index contributed by atoms with van der Waals surface area (Å²) in [5.41, 5.74) is 7.31. The summed E-state index contributed by atoms with van der Waals surface area (Å²) in [7, 11) is 3.57. The van der Waals surface area contributed by atoms with Crippen LogP contribution in [-0.4, -0.2) is 49.9 Å². The van der Waals surface area contributed by atoms with Crippen molar-refractivity contribution in [3.05, 3.63) is 29.3 Å². The second-order valence-electron chi connectivity index (χ2n) is 4.45. The molecule has 0 aliphatic heterocycles. The molecule has 3 N–H and O–H groups in total. The number of nitrogens with zero attached hydrogens (tertiary/aromatic N) is 2. The first kappa shape index (κ1) is 16.3. The molecule has 1 aromatic carbocycles. The molecule has 0 unspecified atom stereocenters. The zero-order chi connectivity index (χ0) is 15.0. The van der Waals surface area contributed by atoms with E-state index in [0.29, 0.717) is 17.9 Å². The Morgan fingerprint density at radius 2 is 2.20 bits per heavy atom. The molecule has 0 bridgehead atoms. The van der Waals surface area contributed by atoms with Crippen LogP contribution in [0.25, 0.3) is 0 Å². The predicted molar refractivity (Wildman–Crippen MR) is 78.3 cm³/mol. The van der Waals surface area contributed by atoms with E-state index in [4.69, 9.17) is 20.4 Å². The number of ether oxygens (including phenoxy) is 2. The Balaban J connectivity index is 2.76. The number of likely N-dealkylation sites (N-methyl/N-ethyl adjacent to an activating group) is 1. The molecular weight excluding hydrogens is 258 g/mol. The number of hydrogen-bond acceptors (Lipinski definition) is 5. The molecule has 0 saturated carbocycles. The molecule has 0 aromatic heterocycles. The molecule has 1 aromatic rings. The van der Waals surface area contributed by atoms with Crippen molar-refractivity contribution in [3.63, 3.8) is 0 Å². The number of rotatable bonds is 8. The van der Waals surface area contributed by atoms with Gasteiger partial charge in [0.15, 0.2) is 5.84 Å². The third-order valence-corrected chi connectivity index (χ3v) is 2.92. The van der Waals surface area contributed by atoms with E-state index in [2.05, 4.69) is 10.1 Å². The number of nitrogens with two attached hydrogens (primary N) is 1. The topological polar surface area (TPSA) is 80.3 Å². The molecule has 0 radical (unpaired) electrons. The fraction of sp³-hybridized carbons (Fsp3) is 0.500. The summed E-state index contributed by atoms with van der Waals surface area (Å²) in [6, 6.07) is 5.65. The fourth-order valence-electron chi connectivity index (χ4n) is 1.86. The normalized spacial score (nSPS) is 11.9. The van der Waals surface area contributed by atoms with Gasteiger partial charge in [0, 0.05) is 19.7 Å². The molecule has 0 atom stereocenters. The second-order valence-corrected chi connectivity index (χ2v) is 4.45. The van der Waals surface area contributed by atoms with E-state index in [1.54, 1.807) is 7.11 Å². The maximum Gasteiger partial charge on any atom is 0.173 e. The van der Waals surface area contributed by atoms with Gasteiger partial charge < -0.3 is 20.4 Å². The predicted octanol–water partition coefficient (Wildman–Crippen LogP) is 1.26. The van der Waals surface area contributed by atoms with Gasteiger partial charge in [0.25, 0.3) is 0 Å². The van der Waals surface area contributed by atoms with Crippen LogP contribution in [0.15, 0.2) is 23.4 Å². The number of benzene rings is 1. The van der Waals surface area contributed by atoms with Crippen molar-refractivity contribution in [2.75, 3.05) is 33.9 Å². The van der Waals surface area contributed by atoms with Gasteiger partial charge in [0.2, 0.25) is 0 Å². The summed E-state index contributed by atoms with van der Waals surface area (Å²) >= 11 is 0. The van der Waals surface area contributed by atoms with E-state index >= 15 is 0 Å². The summed E-state index contributed by atoms with van der Waals surface area (Å²) in [6.07, 6.45) is 0. The number of hydrogen-bond donors (Lipinski definition) is 2. The van der Waals surface area contributed by atoms with Crippen LogP contribution in [0.4, 0.5) is 0 Å². The molecule has 0 spiro atoms. The summed E-state index contributed by atoms with van der Waals surface area (Å²) in [6.45, 7) is 5.01. The minimum absolute atomic E-state index is 0.0423. The lowest BCUT2D eigenvalue weighted by atomic mass is 10.1. The Morgan fingerprint density at radius 3 is 2.80 bits per heavy atom. The van der Waals surface area contributed by atoms with E-state index in [1.807, 2.05) is 32.2 Å². The van der Waals surface area contributed by atoms with Crippen molar-refractivity contribution in [1.82, 2.24) is 4.90 Å². The number of amidine groups is 1. The molecule has 0 aliphatic carbocycles. The molecule has 0 aliphatic rings. The molecule has 0 saturated heterocycles. The molecule has 0 fully saturated rings. The van der Waals surface area contributed by atoms with Gasteiger partial charge in [-0.1, -0.05) is 11.2 Å². The quantitative estimate of drug-likeness (QED) is 0.246. The Kier molecular flexibility index (Phi) is 6.83. The third-order valence-electron chi connectivity index (χ3n) is 2.92. The first-order valence-electron chi connectivity index (χ1n) is 6.53. The van der Waals surface area contributed by atoms with Crippen LogP contribution < -0.4 is 10.5 Å². The van der Waals surface area contributed by atoms with Gasteiger partial charge in [-0.15, -0.1) is 0 Å². The van der Waals surface area contributed by atoms with Crippen LogP contribution in [0.1, 0.15) is 18.1 Å². The highest BCUT2D eigenvalue weighted by atomic mass is 16.5. The van der Waals surface area contributed by atoms with Crippen molar-refractivity contribution in [2.24, 2.45) is 10.9 Å². The average Bonchev–Trinajstić information content (AvgIpc) is 2.46. The highest BCUT2D eigenvalue weighted by molar-refractivity contribution is 5.99. The van der Waals surface area contributed by atoms with Crippen LogP contribution in [-0.2, 0) is 11.3 Å². The molecule has 20 heavy (non-hydrogen) atoms. The summed E-state index contributed by atoms with van der Waals surface area (Å²) in [4.78, 5) is 2.15. The maximum atomic E-state index is 8.80. The van der Waals surface area contributed by atoms with Crippen molar-refractivity contribution >= 4 is 5.84 Å². The molecule has 6 heteroatoms. The molecule has 1 rings (SSSR count). The fourth-order valence-corrected chi connectivity index (χ4v) is 1.86. The molecule has 112 valence electrons. The number of methoxy groups -OCH3 is 1. The Labute approximate surface area is 119 Å².